The summed E-state index contributed by atoms with van der Waals surface area (Å²) in [6, 6.07) is 0. The highest BCUT2D eigenvalue weighted by Crippen LogP contribution is 2.67. The maximum absolute atomic E-state index is 13.3. The summed E-state index contributed by atoms with van der Waals surface area (Å²) in [6.07, 6.45) is 14.9. The van der Waals surface area contributed by atoms with Crippen LogP contribution in [0.15, 0.2) is 0 Å². The molecule has 0 saturated heterocycles. The normalized spacial score (nSPS) is 48.1. The second-order valence-corrected chi connectivity index (χ2v) is 12.0. The molecule has 0 spiro atoms. The molecule has 4 aliphatic rings. The standard InChI is InChI=1S/C26H44O/c1-17(2)9-10-18(3)24-23(27)16-22-20-12-11-19-8-6-7-14-25(19,4)21(20)13-15-26(22,24)5/h17-22,24H,6-16H2,1-5H3. The second-order valence-electron chi connectivity index (χ2n) is 12.0. The van der Waals surface area contributed by atoms with Crippen molar-refractivity contribution in [1.29, 1.82) is 0 Å². The van der Waals surface area contributed by atoms with E-state index in [1.54, 1.807) is 0 Å². The molecule has 0 heterocycles. The van der Waals surface area contributed by atoms with Crippen LogP contribution in [-0.2, 0) is 4.79 Å². The van der Waals surface area contributed by atoms with Gasteiger partial charge in [-0.25, -0.2) is 0 Å². The topological polar surface area (TPSA) is 17.1 Å². The van der Waals surface area contributed by atoms with Crippen LogP contribution < -0.4 is 0 Å². The van der Waals surface area contributed by atoms with Crippen molar-refractivity contribution in [3.63, 3.8) is 0 Å². The molecule has 0 N–H and O–H groups in total. The molecule has 4 fully saturated rings. The van der Waals surface area contributed by atoms with Gasteiger partial charge in [0.05, 0.1) is 0 Å². The predicted octanol–water partition coefficient (Wildman–Crippen LogP) is 7.29. The van der Waals surface area contributed by atoms with Crippen molar-refractivity contribution >= 4 is 5.78 Å². The molecule has 0 radical (unpaired) electrons. The lowest BCUT2D eigenvalue weighted by Gasteiger charge is -2.60. The van der Waals surface area contributed by atoms with E-state index in [2.05, 4.69) is 34.6 Å². The molecule has 0 bridgehead atoms. The third kappa shape index (κ3) is 3.14. The quantitative estimate of drug-likeness (QED) is 0.506. The molecular formula is C26H44O. The van der Waals surface area contributed by atoms with Crippen molar-refractivity contribution in [2.75, 3.05) is 0 Å². The molecule has 0 amide bonds. The summed E-state index contributed by atoms with van der Waals surface area (Å²) in [4.78, 5) is 13.3. The third-order valence-electron chi connectivity index (χ3n) is 10.3. The Balaban J connectivity index is 1.56. The molecule has 4 aliphatic carbocycles. The fourth-order valence-corrected chi connectivity index (χ4v) is 8.86. The maximum atomic E-state index is 13.3. The molecule has 154 valence electrons. The van der Waals surface area contributed by atoms with Gasteiger partial charge < -0.3 is 0 Å². The van der Waals surface area contributed by atoms with Crippen LogP contribution in [0.3, 0.4) is 0 Å². The van der Waals surface area contributed by atoms with E-state index in [1.807, 2.05) is 0 Å². The van der Waals surface area contributed by atoms with Crippen LogP contribution in [0.25, 0.3) is 0 Å². The lowest BCUT2D eigenvalue weighted by atomic mass is 9.44. The molecule has 8 atom stereocenters. The number of hydrogen-bond donors (Lipinski definition) is 0. The van der Waals surface area contributed by atoms with Gasteiger partial charge in [-0.3, -0.25) is 4.79 Å². The molecule has 4 saturated carbocycles. The Morgan fingerprint density at radius 1 is 0.889 bits per heavy atom. The molecule has 27 heavy (non-hydrogen) atoms. The minimum atomic E-state index is 0.298. The van der Waals surface area contributed by atoms with E-state index in [0.717, 1.165) is 30.1 Å². The van der Waals surface area contributed by atoms with Crippen molar-refractivity contribution < 1.29 is 4.79 Å². The van der Waals surface area contributed by atoms with E-state index in [4.69, 9.17) is 0 Å². The lowest BCUT2D eigenvalue weighted by molar-refractivity contribution is -0.126. The smallest absolute Gasteiger partial charge is 0.137 e. The fourth-order valence-electron chi connectivity index (χ4n) is 8.86. The van der Waals surface area contributed by atoms with Crippen molar-refractivity contribution in [2.45, 2.75) is 105 Å². The zero-order valence-electron chi connectivity index (χ0n) is 18.7. The van der Waals surface area contributed by atoms with Crippen LogP contribution >= 0.6 is 0 Å². The molecule has 8 unspecified atom stereocenters. The third-order valence-corrected chi connectivity index (χ3v) is 10.3. The van der Waals surface area contributed by atoms with Gasteiger partial charge in [-0.2, -0.15) is 0 Å². The van der Waals surface area contributed by atoms with Gasteiger partial charge in [0.1, 0.15) is 5.78 Å². The highest BCUT2D eigenvalue weighted by Gasteiger charge is 2.62. The summed E-state index contributed by atoms with van der Waals surface area (Å²) in [5.41, 5.74) is 0.888. The number of rotatable bonds is 4. The summed E-state index contributed by atoms with van der Waals surface area (Å²) in [5.74, 6) is 5.73. The number of fused-ring (bicyclic) bond motifs is 5. The predicted molar refractivity (Wildman–Crippen MR) is 113 cm³/mol. The first-order valence-corrected chi connectivity index (χ1v) is 12.3. The van der Waals surface area contributed by atoms with Crippen LogP contribution in [0.4, 0.5) is 0 Å². The number of hydrogen-bond acceptors (Lipinski definition) is 1. The van der Waals surface area contributed by atoms with Crippen LogP contribution in [0.2, 0.25) is 0 Å². The van der Waals surface area contributed by atoms with Gasteiger partial charge in [-0.1, -0.05) is 53.9 Å². The van der Waals surface area contributed by atoms with Gasteiger partial charge in [0.25, 0.3) is 0 Å². The molecule has 0 aromatic rings. The zero-order chi connectivity index (χ0) is 19.4. The van der Waals surface area contributed by atoms with Gasteiger partial charge in [0.2, 0.25) is 0 Å². The van der Waals surface area contributed by atoms with Crippen molar-refractivity contribution in [1.82, 2.24) is 0 Å². The van der Waals surface area contributed by atoms with Crippen LogP contribution in [0.5, 0.6) is 0 Å². The van der Waals surface area contributed by atoms with Gasteiger partial charge in [-0.15, -0.1) is 0 Å². The Hall–Kier alpha value is -0.330. The molecule has 0 aromatic heterocycles. The van der Waals surface area contributed by atoms with Crippen LogP contribution in [0, 0.1) is 52.3 Å². The molecule has 4 rings (SSSR count). The van der Waals surface area contributed by atoms with Gasteiger partial charge in [0, 0.05) is 12.3 Å². The fraction of sp³-hybridized carbons (Fsp3) is 0.962. The van der Waals surface area contributed by atoms with Gasteiger partial charge in [-0.05, 0) is 91.3 Å². The molecule has 1 heteroatoms. The van der Waals surface area contributed by atoms with Crippen LogP contribution in [-0.4, -0.2) is 5.78 Å². The average Bonchev–Trinajstić information content (AvgIpc) is 2.89. The lowest BCUT2D eigenvalue weighted by Crippen LogP contribution is -2.53. The Morgan fingerprint density at radius 3 is 2.41 bits per heavy atom. The first-order chi connectivity index (χ1) is 12.8. The Labute approximate surface area is 168 Å². The van der Waals surface area contributed by atoms with Crippen molar-refractivity contribution in [3.8, 4) is 0 Å². The Kier molecular flexibility index (Phi) is 5.30. The first-order valence-electron chi connectivity index (χ1n) is 12.3. The maximum Gasteiger partial charge on any atom is 0.137 e. The van der Waals surface area contributed by atoms with Crippen LogP contribution in [0.1, 0.15) is 105 Å². The number of ketones is 1. The average molecular weight is 373 g/mol. The molecule has 1 nitrogen and oxygen atoms in total. The molecule has 0 aromatic carbocycles. The van der Waals surface area contributed by atoms with Crippen molar-refractivity contribution in [2.24, 2.45) is 52.3 Å². The van der Waals surface area contributed by atoms with E-state index in [9.17, 15) is 4.79 Å². The highest BCUT2D eigenvalue weighted by atomic mass is 16.1. The largest absolute Gasteiger partial charge is 0.299 e. The summed E-state index contributed by atoms with van der Waals surface area (Å²) < 4.78 is 0. The van der Waals surface area contributed by atoms with Gasteiger partial charge in [0.15, 0.2) is 0 Å². The summed E-state index contributed by atoms with van der Waals surface area (Å²) in [7, 11) is 0. The van der Waals surface area contributed by atoms with E-state index in [1.165, 1.54) is 64.2 Å². The van der Waals surface area contributed by atoms with E-state index >= 15 is 0 Å². The summed E-state index contributed by atoms with van der Waals surface area (Å²) in [5, 5.41) is 0. The SMILES string of the molecule is CC(C)CCC(C)C1C(=O)CC2C3CCC4CCCCC4(C)C3CCC21C. The van der Waals surface area contributed by atoms with E-state index in [0.29, 0.717) is 34.4 Å². The number of Topliss-reactive ketones (excluding diaryl/α,β-unsaturated/α-hetero) is 1. The monoisotopic (exact) mass is 372 g/mol. The first kappa shape index (κ1) is 20.0. The minimum absolute atomic E-state index is 0.298. The summed E-state index contributed by atoms with van der Waals surface area (Å²) in [6.45, 7) is 12.2. The molecule has 0 aliphatic heterocycles. The number of carbonyl (C=O) groups excluding carboxylic acids is 1. The van der Waals surface area contributed by atoms with Gasteiger partial charge >= 0.3 is 0 Å². The van der Waals surface area contributed by atoms with E-state index < -0.39 is 0 Å². The second kappa shape index (κ2) is 7.17. The Bertz CT molecular complexity index is 565. The van der Waals surface area contributed by atoms with Crippen molar-refractivity contribution in [3.05, 3.63) is 0 Å². The zero-order valence-corrected chi connectivity index (χ0v) is 18.7. The summed E-state index contributed by atoms with van der Waals surface area (Å²) >= 11 is 0. The van der Waals surface area contributed by atoms with E-state index in [-0.39, 0.29) is 0 Å². The molecular weight excluding hydrogens is 328 g/mol. The minimum Gasteiger partial charge on any atom is -0.299 e. The highest BCUT2D eigenvalue weighted by molar-refractivity contribution is 5.85. The number of carbonyl (C=O) groups is 1. The Morgan fingerprint density at radius 2 is 1.67 bits per heavy atom.